The first-order valence-electron chi connectivity index (χ1n) is 4.72. The minimum Gasteiger partial charge on any atom is -0.264 e. The molecule has 0 spiro atoms. The fourth-order valence-corrected chi connectivity index (χ4v) is 2.07. The molecule has 2 rings (SSSR count). The van der Waals surface area contributed by atoms with Gasteiger partial charge < -0.3 is 0 Å². The van der Waals surface area contributed by atoms with Gasteiger partial charge in [-0.15, -0.1) is 11.8 Å². The Morgan fingerprint density at radius 3 is 2.69 bits per heavy atom. The maximum Gasteiger partial charge on any atom is 0.159 e. The van der Waals surface area contributed by atoms with Crippen molar-refractivity contribution in [2.24, 2.45) is 0 Å². The van der Waals surface area contributed by atoms with Crippen LogP contribution < -0.4 is 0 Å². The predicted octanol–water partition coefficient (Wildman–Crippen LogP) is 3.65. The van der Waals surface area contributed by atoms with Crippen molar-refractivity contribution in [3.8, 4) is 0 Å². The van der Waals surface area contributed by atoms with Crippen LogP contribution in [0.2, 0.25) is 0 Å². The van der Waals surface area contributed by atoms with Crippen molar-refractivity contribution >= 4 is 11.8 Å². The first-order chi connectivity index (χ1) is 7.75. The van der Waals surface area contributed by atoms with Crippen molar-refractivity contribution in [2.75, 3.05) is 0 Å². The molecule has 0 bridgehead atoms. The van der Waals surface area contributed by atoms with Gasteiger partial charge in [-0.05, 0) is 29.8 Å². The van der Waals surface area contributed by atoms with Crippen molar-refractivity contribution in [2.45, 2.75) is 10.6 Å². The summed E-state index contributed by atoms with van der Waals surface area (Å²) in [6.45, 7) is 0. The zero-order valence-corrected chi connectivity index (χ0v) is 9.18. The van der Waals surface area contributed by atoms with Crippen LogP contribution in [0.15, 0.2) is 47.6 Å². The summed E-state index contributed by atoms with van der Waals surface area (Å²) in [5.74, 6) is -0.930. The number of hydrogen-bond donors (Lipinski definition) is 0. The molecule has 1 heterocycles. The van der Waals surface area contributed by atoms with Gasteiger partial charge in [0, 0.05) is 23.0 Å². The average molecular weight is 237 g/mol. The molecule has 0 atom stereocenters. The Bertz CT molecular complexity index is 474. The molecular weight excluding hydrogens is 228 g/mol. The van der Waals surface area contributed by atoms with Gasteiger partial charge in [0.2, 0.25) is 0 Å². The van der Waals surface area contributed by atoms with Gasteiger partial charge >= 0.3 is 0 Å². The first-order valence-corrected chi connectivity index (χ1v) is 5.71. The molecule has 4 heteroatoms. The van der Waals surface area contributed by atoms with Gasteiger partial charge in [0.05, 0.1) is 0 Å². The number of benzene rings is 1. The van der Waals surface area contributed by atoms with E-state index in [4.69, 9.17) is 0 Å². The Balaban J connectivity index is 2.03. The lowest BCUT2D eigenvalue weighted by Gasteiger charge is -2.02. The Labute approximate surface area is 96.5 Å². The highest BCUT2D eigenvalue weighted by Crippen LogP contribution is 2.23. The highest BCUT2D eigenvalue weighted by atomic mass is 32.2. The lowest BCUT2D eigenvalue weighted by atomic mass is 10.3. The Morgan fingerprint density at radius 1 is 1.12 bits per heavy atom. The van der Waals surface area contributed by atoms with Gasteiger partial charge in [0.1, 0.15) is 0 Å². The number of aromatic nitrogens is 1. The van der Waals surface area contributed by atoms with Crippen molar-refractivity contribution in [3.63, 3.8) is 0 Å². The Kier molecular flexibility index (Phi) is 3.51. The Morgan fingerprint density at radius 2 is 2.00 bits per heavy atom. The van der Waals surface area contributed by atoms with E-state index in [1.165, 1.54) is 17.8 Å². The fourth-order valence-electron chi connectivity index (χ4n) is 1.22. The summed E-state index contributed by atoms with van der Waals surface area (Å²) < 4.78 is 25.6. The minimum absolute atomic E-state index is 0.693. The molecule has 82 valence electrons. The zero-order valence-electron chi connectivity index (χ0n) is 8.36. The van der Waals surface area contributed by atoms with Crippen molar-refractivity contribution in [1.82, 2.24) is 4.98 Å². The van der Waals surface area contributed by atoms with E-state index in [0.29, 0.717) is 10.6 Å². The minimum atomic E-state index is -0.814. The lowest BCUT2D eigenvalue weighted by Crippen LogP contribution is -1.85. The number of thioether (sulfide) groups is 1. The van der Waals surface area contributed by atoms with E-state index < -0.39 is 11.6 Å². The van der Waals surface area contributed by atoms with Gasteiger partial charge in [-0.1, -0.05) is 6.07 Å². The second-order valence-corrected chi connectivity index (χ2v) is 4.27. The standard InChI is InChI=1S/C12H9F2NS/c13-11-4-3-10(6-12(11)14)16-8-9-2-1-5-15-7-9/h1-7H,8H2. The van der Waals surface area contributed by atoms with Crippen LogP contribution in [0.5, 0.6) is 0 Å². The molecule has 16 heavy (non-hydrogen) atoms. The molecule has 0 N–H and O–H groups in total. The van der Waals surface area contributed by atoms with Crippen molar-refractivity contribution in [3.05, 3.63) is 59.9 Å². The molecule has 0 fully saturated rings. The number of rotatable bonds is 3. The van der Waals surface area contributed by atoms with E-state index >= 15 is 0 Å². The quantitative estimate of drug-likeness (QED) is 0.756. The SMILES string of the molecule is Fc1ccc(SCc2cccnc2)cc1F. The summed E-state index contributed by atoms with van der Waals surface area (Å²) in [6.07, 6.45) is 3.46. The van der Waals surface area contributed by atoms with E-state index in [-0.39, 0.29) is 0 Å². The van der Waals surface area contributed by atoms with Crippen LogP contribution in [0.3, 0.4) is 0 Å². The van der Waals surface area contributed by atoms with Gasteiger partial charge in [0.15, 0.2) is 11.6 Å². The molecule has 0 aliphatic heterocycles. The maximum atomic E-state index is 12.9. The maximum absolute atomic E-state index is 12.9. The number of pyridine rings is 1. The number of nitrogens with zero attached hydrogens (tertiary/aromatic N) is 1. The molecule has 0 amide bonds. The van der Waals surface area contributed by atoms with Crippen LogP contribution in [0.4, 0.5) is 8.78 Å². The monoisotopic (exact) mass is 237 g/mol. The third-order valence-electron chi connectivity index (χ3n) is 2.02. The van der Waals surface area contributed by atoms with E-state index in [1.54, 1.807) is 18.5 Å². The third kappa shape index (κ3) is 2.79. The van der Waals surface area contributed by atoms with Crippen LogP contribution in [0.25, 0.3) is 0 Å². The molecule has 0 saturated carbocycles. The third-order valence-corrected chi connectivity index (χ3v) is 3.08. The highest BCUT2D eigenvalue weighted by molar-refractivity contribution is 7.98. The molecule has 0 aliphatic carbocycles. The molecule has 0 aliphatic rings. The summed E-state index contributed by atoms with van der Waals surface area (Å²) in [4.78, 5) is 4.69. The highest BCUT2D eigenvalue weighted by Gasteiger charge is 2.03. The number of hydrogen-bond acceptors (Lipinski definition) is 2. The molecule has 0 unspecified atom stereocenters. The largest absolute Gasteiger partial charge is 0.264 e. The second-order valence-electron chi connectivity index (χ2n) is 3.23. The molecule has 0 saturated heterocycles. The van der Waals surface area contributed by atoms with E-state index in [1.807, 2.05) is 12.1 Å². The molecule has 2 aromatic rings. The molecule has 1 aromatic heterocycles. The summed E-state index contributed by atoms with van der Waals surface area (Å²) >= 11 is 1.45. The summed E-state index contributed by atoms with van der Waals surface area (Å²) in [7, 11) is 0. The second kappa shape index (κ2) is 5.07. The van der Waals surface area contributed by atoms with Gasteiger partial charge in [-0.3, -0.25) is 4.98 Å². The molecule has 0 radical (unpaired) electrons. The van der Waals surface area contributed by atoms with Crippen LogP contribution in [0.1, 0.15) is 5.56 Å². The van der Waals surface area contributed by atoms with Crippen molar-refractivity contribution < 1.29 is 8.78 Å². The summed E-state index contributed by atoms with van der Waals surface area (Å²) in [6, 6.07) is 7.71. The van der Waals surface area contributed by atoms with Crippen LogP contribution in [-0.4, -0.2) is 4.98 Å². The predicted molar refractivity (Wildman–Crippen MR) is 60.2 cm³/mol. The van der Waals surface area contributed by atoms with Gasteiger partial charge in [-0.25, -0.2) is 8.78 Å². The normalized spacial score (nSPS) is 10.4. The van der Waals surface area contributed by atoms with Crippen LogP contribution in [0, 0.1) is 11.6 Å². The van der Waals surface area contributed by atoms with Gasteiger partial charge in [0.25, 0.3) is 0 Å². The molecule has 1 nitrogen and oxygen atoms in total. The van der Waals surface area contributed by atoms with Crippen LogP contribution in [-0.2, 0) is 5.75 Å². The molecule has 1 aromatic carbocycles. The summed E-state index contributed by atoms with van der Waals surface area (Å²) in [5, 5.41) is 0. The lowest BCUT2D eigenvalue weighted by molar-refractivity contribution is 0.506. The zero-order chi connectivity index (χ0) is 11.4. The number of halogens is 2. The smallest absolute Gasteiger partial charge is 0.159 e. The van der Waals surface area contributed by atoms with Crippen molar-refractivity contribution in [1.29, 1.82) is 0 Å². The summed E-state index contributed by atoms with van der Waals surface area (Å²) in [5.41, 5.74) is 1.05. The topological polar surface area (TPSA) is 12.9 Å². The van der Waals surface area contributed by atoms with E-state index in [0.717, 1.165) is 11.6 Å². The average Bonchev–Trinajstić information content (AvgIpc) is 2.32. The Hall–Kier alpha value is -1.42. The van der Waals surface area contributed by atoms with E-state index in [2.05, 4.69) is 4.98 Å². The molecular formula is C12H9F2NS. The fraction of sp³-hybridized carbons (Fsp3) is 0.0833. The first kappa shape index (κ1) is 11.1. The van der Waals surface area contributed by atoms with Gasteiger partial charge in [-0.2, -0.15) is 0 Å². The van der Waals surface area contributed by atoms with E-state index in [9.17, 15) is 8.78 Å². The van der Waals surface area contributed by atoms with Crippen LogP contribution >= 0.6 is 11.8 Å².